The molecule has 2 amide bonds. The summed E-state index contributed by atoms with van der Waals surface area (Å²) in [5.41, 5.74) is 8.27. The van der Waals surface area contributed by atoms with Gasteiger partial charge in [0, 0.05) is 29.3 Å². The molecule has 0 unspecified atom stereocenters. The summed E-state index contributed by atoms with van der Waals surface area (Å²) in [6.45, 7) is 5.30. The van der Waals surface area contributed by atoms with Crippen LogP contribution in [-0.4, -0.2) is 46.2 Å². The van der Waals surface area contributed by atoms with Gasteiger partial charge >= 0.3 is 6.09 Å². The Morgan fingerprint density at radius 1 is 1.42 bits per heavy atom. The fourth-order valence-corrected chi connectivity index (χ4v) is 2.85. The van der Waals surface area contributed by atoms with Crippen LogP contribution < -0.4 is 5.32 Å². The minimum absolute atomic E-state index is 0.0273. The molecular weight excluding hydrogens is 338 g/mol. The molecule has 26 heavy (non-hydrogen) atoms. The first-order chi connectivity index (χ1) is 12.2. The van der Waals surface area contributed by atoms with Gasteiger partial charge in [0.25, 0.3) is 0 Å². The molecule has 9 nitrogen and oxygen atoms in total. The van der Waals surface area contributed by atoms with Gasteiger partial charge in [0.15, 0.2) is 0 Å². The van der Waals surface area contributed by atoms with Crippen molar-refractivity contribution in [1.82, 2.24) is 4.90 Å². The van der Waals surface area contributed by atoms with Crippen LogP contribution in [-0.2, 0) is 9.53 Å². The molecule has 0 spiro atoms. The van der Waals surface area contributed by atoms with Crippen LogP contribution in [0.3, 0.4) is 0 Å². The van der Waals surface area contributed by atoms with E-state index in [1.54, 1.807) is 32.9 Å². The average Bonchev–Trinajstić information content (AvgIpc) is 2.95. The number of ether oxygens (including phenoxy) is 1. The molecule has 0 aromatic heterocycles. The molecule has 140 valence electrons. The van der Waals surface area contributed by atoms with E-state index in [9.17, 15) is 14.7 Å². The van der Waals surface area contributed by atoms with Gasteiger partial charge in [-0.15, -0.1) is 0 Å². The van der Waals surface area contributed by atoms with Gasteiger partial charge in [0.05, 0.1) is 0 Å². The molecule has 0 radical (unpaired) electrons. The highest BCUT2D eigenvalue weighted by Gasteiger charge is 2.42. The summed E-state index contributed by atoms with van der Waals surface area (Å²) in [6, 6.07) is 5.01. The molecule has 1 fully saturated rings. The van der Waals surface area contributed by atoms with Crippen molar-refractivity contribution >= 4 is 17.7 Å². The van der Waals surface area contributed by atoms with E-state index < -0.39 is 23.8 Å². The van der Waals surface area contributed by atoms with Crippen molar-refractivity contribution in [1.29, 1.82) is 0 Å². The molecule has 0 bridgehead atoms. The van der Waals surface area contributed by atoms with E-state index in [1.807, 2.05) is 0 Å². The summed E-state index contributed by atoms with van der Waals surface area (Å²) in [5.74, 6) is -0.357. The highest BCUT2D eigenvalue weighted by molar-refractivity contribution is 5.97. The van der Waals surface area contributed by atoms with E-state index in [4.69, 9.17) is 10.3 Å². The summed E-state index contributed by atoms with van der Waals surface area (Å²) in [6.07, 6.45) is 0.329. The van der Waals surface area contributed by atoms with Gasteiger partial charge in [-0.25, -0.2) is 4.79 Å². The Morgan fingerprint density at radius 2 is 2.15 bits per heavy atom. The number of likely N-dealkylation sites (tertiary alicyclic amines) is 1. The summed E-state index contributed by atoms with van der Waals surface area (Å²) in [7, 11) is 0. The number of phenols is 1. The van der Waals surface area contributed by atoms with Crippen molar-refractivity contribution in [2.45, 2.75) is 51.3 Å². The average molecular weight is 361 g/mol. The number of azide groups is 1. The minimum Gasteiger partial charge on any atom is -0.508 e. The maximum absolute atomic E-state index is 12.7. The van der Waals surface area contributed by atoms with Crippen molar-refractivity contribution in [3.8, 4) is 5.75 Å². The molecule has 0 saturated carbocycles. The van der Waals surface area contributed by atoms with Gasteiger partial charge in [0.1, 0.15) is 17.4 Å². The van der Waals surface area contributed by atoms with Crippen molar-refractivity contribution < 1.29 is 19.4 Å². The van der Waals surface area contributed by atoms with E-state index in [-0.39, 0.29) is 18.2 Å². The maximum Gasteiger partial charge on any atom is 0.411 e. The van der Waals surface area contributed by atoms with Crippen molar-refractivity contribution in [3.05, 3.63) is 34.7 Å². The number of aromatic hydroxyl groups is 1. The van der Waals surface area contributed by atoms with Crippen LogP contribution in [0.5, 0.6) is 5.75 Å². The van der Waals surface area contributed by atoms with Crippen LogP contribution >= 0.6 is 0 Å². The Bertz CT molecular complexity index is 724. The zero-order chi connectivity index (χ0) is 19.3. The number of amides is 2. The Balaban J connectivity index is 2.19. The Hall–Kier alpha value is -2.93. The van der Waals surface area contributed by atoms with Crippen molar-refractivity contribution in [3.63, 3.8) is 0 Å². The van der Waals surface area contributed by atoms with E-state index in [0.29, 0.717) is 18.5 Å². The molecule has 1 saturated heterocycles. The lowest BCUT2D eigenvalue weighted by atomic mass is 10.2. The second-order valence-corrected chi connectivity index (χ2v) is 7.09. The van der Waals surface area contributed by atoms with Gasteiger partial charge in [-0.05, 0) is 51.3 Å². The summed E-state index contributed by atoms with van der Waals surface area (Å²) < 4.78 is 5.41. The fraction of sp³-hybridized carbons (Fsp3) is 0.529. The van der Waals surface area contributed by atoms with Gasteiger partial charge in [-0.1, -0.05) is 11.2 Å². The Morgan fingerprint density at radius 3 is 2.77 bits per heavy atom. The lowest BCUT2D eigenvalue weighted by molar-refractivity contribution is -0.120. The Labute approximate surface area is 151 Å². The number of hydrogen-bond acceptors (Lipinski definition) is 5. The molecule has 1 aliphatic rings. The molecule has 2 atom stereocenters. The third-order valence-electron chi connectivity index (χ3n) is 3.88. The molecule has 2 N–H and O–H groups in total. The minimum atomic E-state index is -0.744. The van der Waals surface area contributed by atoms with Gasteiger partial charge in [0.2, 0.25) is 5.91 Å². The summed E-state index contributed by atoms with van der Waals surface area (Å²) in [5, 5.41) is 15.8. The summed E-state index contributed by atoms with van der Waals surface area (Å²) in [4.78, 5) is 29.4. The molecule has 1 aliphatic heterocycles. The third-order valence-corrected chi connectivity index (χ3v) is 3.88. The number of anilines is 1. The van der Waals surface area contributed by atoms with Gasteiger partial charge in [-0.2, -0.15) is 0 Å². The molecule has 1 aromatic rings. The normalized spacial score (nSPS) is 19.6. The summed E-state index contributed by atoms with van der Waals surface area (Å²) >= 11 is 0. The molecule has 2 rings (SSSR count). The van der Waals surface area contributed by atoms with Crippen molar-refractivity contribution in [2.75, 3.05) is 11.9 Å². The predicted molar refractivity (Wildman–Crippen MR) is 95.6 cm³/mol. The van der Waals surface area contributed by atoms with E-state index in [1.165, 1.54) is 17.0 Å². The van der Waals surface area contributed by atoms with Crippen LogP contribution in [0.25, 0.3) is 10.4 Å². The second-order valence-electron chi connectivity index (χ2n) is 7.09. The zero-order valence-electron chi connectivity index (χ0n) is 15.0. The fourth-order valence-electron chi connectivity index (χ4n) is 2.85. The smallest absolute Gasteiger partial charge is 0.411 e. The second kappa shape index (κ2) is 7.97. The van der Waals surface area contributed by atoms with Crippen LogP contribution in [0, 0.1) is 0 Å². The van der Waals surface area contributed by atoms with Gasteiger partial charge in [-0.3, -0.25) is 9.69 Å². The topological polar surface area (TPSA) is 128 Å². The molecule has 9 heteroatoms. The van der Waals surface area contributed by atoms with Crippen LogP contribution in [0.4, 0.5) is 10.5 Å². The standard InChI is InChI=1S/C17H23N5O4/c1-17(2,3)26-16(25)22-12(10-19-21-18)7-8-14(22)15(24)20-11-5-4-6-13(23)9-11/h4-6,9,12,14,23H,7-8,10H2,1-3H3,(H,20,24)/t12-,14+/m1/s1. The van der Waals surface area contributed by atoms with E-state index >= 15 is 0 Å². The predicted octanol–water partition coefficient (Wildman–Crippen LogP) is 3.41. The maximum atomic E-state index is 12.7. The number of rotatable bonds is 4. The zero-order valence-corrected chi connectivity index (χ0v) is 15.0. The number of benzene rings is 1. The van der Waals surface area contributed by atoms with E-state index in [0.717, 1.165) is 0 Å². The van der Waals surface area contributed by atoms with Gasteiger partial charge < -0.3 is 15.2 Å². The van der Waals surface area contributed by atoms with Crippen molar-refractivity contribution in [2.24, 2.45) is 5.11 Å². The highest BCUT2D eigenvalue weighted by Crippen LogP contribution is 2.28. The third kappa shape index (κ3) is 5.03. The lowest BCUT2D eigenvalue weighted by Gasteiger charge is -2.31. The number of nitrogens with one attached hydrogen (secondary N) is 1. The first-order valence-electron chi connectivity index (χ1n) is 8.33. The molecule has 1 heterocycles. The first kappa shape index (κ1) is 19.4. The van der Waals surface area contributed by atoms with Crippen LogP contribution in [0.15, 0.2) is 29.4 Å². The van der Waals surface area contributed by atoms with Crippen LogP contribution in [0.1, 0.15) is 33.6 Å². The molecule has 1 aromatic carbocycles. The number of carbonyl (C=O) groups is 2. The monoisotopic (exact) mass is 361 g/mol. The Kier molecular flexibility index (Phi) is 5.94. The number of hydrogen-bond donors (Lipinski definition) is 2. The quantitative estimate of drug-likeness (QED) is 0.484. The van der Waals surface area contributed by atoms with E-state index in [2.05, 4.69) is 15.3 Å². The molecule has 0 aliphatic carbocycles. The number of carbonyl (C=O) groups excluding carboxylic acids is 2. The SMILES string of the molecule is CC(C)(C)OC(=O)N1[C@@H](CN=[N+]=[N-])CC[C@H]1C(=O)Nc1cccc(O)c1. The number of nitrogens with zero attached hydrogens (tertiary/aromatic N) is 4. The first-order valence-corrected chi connectivity index (χ1v) is 8.33. The van der Waals surface area contributed by atoms with Crippen LogP contribution in [0.2, 0.25) is 0 Å². The number of phenolic OH excluding ortho intramolecular Hbond substituents is 1. The molecular formula is C17H23N5O4. The highest BCUT2D eigenvalue weighted by atomic mass is 16.6. The largest absolute Gasteiger partial charge is 0.508 e. The lowest BCUT2D eigenvalue weighted by Crippen LogP contribution is -2.49.